The zero-order valence-corrected chi connectivity index (χ0v) is 14.5. The number of aromatic nitrogens is 3. The van der Waals surface area contributed by atoms with Crippen molar-refractivity contribution in [1.82, 2.24) is 20.1 Å². The van der Waals surface area contributed by atoms with E-state index in [1.807, 2.05) is 33.0 Å². The second-order valence-corrected chi connectivity index (χ2v) is 6.53. The Labute approximate surface area is 145 Å². The molecule has 8 heteroatoms. The average molecular weight is 346 g/mol. The first-order chi connectivity index (χ1) is 11.7. The third-order valence-corrected chi connectivity index (χ3v) is 3.13. The monoisotopic (exact) mass is 346 g/mol. The number of carbonyl (C=O) groups excluding carboxylic acids is 1. The maximum Gasteiger partial charge on any atom is 0.407 e. The Balaban J connectivity index is 1.87. The van der Waals surface area contributed by atoms with Gasteiger partial charge in [-0.05, 0) is 26.8 Å². The third-order valence-electron chi connectivity index (χ3n) is 3.13. The van der Waals surface area contributed by atoms with E-state index in [1.54, 1.807) is 23.1 Å². The van der Waals surface area contributed by atoms with Gasteiger partial charge in [0.25, 0.3) is 0 Å². The second-order valence-electron chi connectivity index (χ2n) is 6.53. The normalized spacial score (nSPS) is 11.2. The number of nitrogens with one attached hydrogen (secondary N) is 1. The summed E-state index contributed by atoms with van der Waals surface area (Å²) < 4.78 is 6.87. The van der Waals surface area contributed by atoms with E-state index in [4.69, 9.17) is 9.84 Å². The number of pyridine rings is 1. The van der Waals surface area contributed by atoms with Crippen molar-refractivity contribution in [2.75, 3.05) is 6.54 Å². The molecule has 1 amide bonds. The van der Waals surface area contributed by atoms with Crippen molar-refractivity contribution in [1.29, 1.82) is 0 Å². The summed E-state index contributed by atoms with van der Waals surface area (Å²) in [5.41, 5.74) is 1.69. The summed E-state index contributed by atoms with van der Waals surface area (Å²) in [5.74, 6) is -0.912. The number of nitrogens with zero attached hydrogens (tertiary/aromatic N) is 3. The first-order valence-corrected chi connectivity index (χ1v) is 7.89. The molecule has 0 aliphatic carbocycles. The van der Waals surface area contributed by atoms with Gasteiger partial charge in [-0.2, -0.15) is 5.10 Å². The predicted molar refractivity (Wildman–Crippen MR) is 91.0 cm³/mol. The molecular formula is C17H22N4O4. The molecule has 2 aromatic rings. The van der Waals surface area contributed by atoms with Gasteiger partial charge < -0.3 is 15.2 Å². The first kappa shape index (κ1) is 18.4. The number of hydrogen-bond donors (Lipinski definition) is 2. The molecule has 0 atom stereocenters. The highest BCUT2D eigenvalue weighted by Crippen LogP contribution is 2.17. The van der Waals surface area contributed by atoms with Gasteiger partial charge in [0.15, 0.2) is 0 Å². The second kappa shape index (κ2) is 7.78. The highest BCUT2D eigenvalue weighted by Gasteiger charge is 2.15. The summed E-state index contributed by atoms with van der Waals surface area (Å²) in [6.45, 7) is 6.32. The molecule has 25 heavy (non-hydrogen) atoms. The van der Waals surface area contributed by atoms with Gasteiger partial charge in [0, 0.05) is 30.1 Å². The number of hydrogen-bond acceptors (Lipinski definition) is 5. The lowest BCUT2D eigenvalue weighted by Gasteiger charge is -2.19. The molecule has 2 N–H and O–H groups in total. The fourth-order valence-electron chi connectivity index (χ4n) is 2.08. The summed E-state index contributed by atoms with van der Waals surface area (Å²) in [4.78, 5) is 26.4. The third kappa shape index (κ3) is 6.25. The Bertz CT molecular complexity index is 732. The van der Waals surface area contributed by atoms with Crippen LogP contribution in [0, 0.1) is 0 Å². The molecule has 0 radical (unpaired) electrons. The molecule has 0 spiro atoms. The minimum absolute atomic E-state index is 0.101. The predicted octanol–water partition coefficient (Wildman–Crippen LogP) is 2.10. The van der Waals surface area contributed by atoms with Crippen LogP contribution < -0.4 is 5.32 Å². The van der Waals surface area contributed by atoms with Crippen molar-refractivity contribution in [3.63, 3.8) is 0 Å². The Kier molecular flexibility index (Phi) is 5.74. The molecule has 0 bridgehead atoms. The highest BCUT2D eigenvalue weighted by atomic mass is 16.6. The summed E-state index contributed by atoms with van der Waals surface area (Å²) in [7, 11) is 0. The van der Waals surface area contributed by atoms with E-state index < -0.39 is 17.7 Å². The molecule has 0 saturated heterocycles. The fraction of sp³-hybridized carbons (Fsp3) is 0.412. The van der Waals surface area contributed by atoms with Crippen LogP contribution in [0.4, 0.5) is 4.79 Å². The summed E-state index contributed by atoms with van der Waals surface area (Å²) in [6, 6.07) is 3.50. The highest BCUT2D eigenvalue weighted by molar-refractivity contribution is 5.70. The van der Waals surface area contributed by atoms with Crippen LogP contribution in [0.5, 0.6) is 0 Å². The lowest BCUT2D eigenvalue weighted by Crippen LogP contribution is -2.34. The molecule has 0 aliphatic heterocycles. The van der Waals surface area contributed by atoms with Crippen LogP contribution in [0.15, 0.2) is 30.7 Å². The number of carboxylic acid groups (broad SMARTS) is 1. The standard InChI is InChI=1S/C17H22N4O4/c1-17(2,3)25-16(24)18-6-7-21-11-13(10-20-21)12-4-5-14(19-9-12)8-15(22)23/h4-5,9-11H,6-8H2,1-3H3,(H,18,24)(H,22,23). The van der Waals surface area contributed by atoms with Crippen LogP contribution in [-0.4, -0.2) is 44.1 Å². The molecule has 2 rings (SSSR count). The minimum atomic E-state index is -0.912. The van der Waals surface area contributed by atoms with Crippen molar-refractivity contribution in [2.45, 2.75) is 39.3 Å². The van der Waals surface area contributed by atoms with Gasteiger partial charge in [-0.25, -0.2) is 4.79 Å². The van der Waals surface area contributed by atoms with Crippen molar-refractivity contribution in [3.8, 4) is 11.1 Å². The molecule has 0 fully saturated rings. The summed E-state index contributed by atoms with van der Waals surface area (Å²) in [6.07, 6.45) is 4.60. The van der Waals surface area contributed by atoms with Crippen molar-refractivity contribution in [2.24, 2.45) is 0 Å². The number of carbonyl (C=O) groups is 2. The first-order valence-electron chi connectivity index (χ1n) is 7.89. The van der Waals surface area contributed by atoms with Gasteiger partial charge in [0.05, 0.1) is 24.9 Å². The van der Waals surface area contributed by atoms with E-state index in [1.165, 1.54) is 0 Å². The molecule has 8 nitrogen and oxygen atoms in total. The van der Waals surface area contributed by atoms with Crippen molar-refractivity contribution in [3.05, 3.63) is 36.4 Å². The van der Waals surface area contributed by atoms with Crippen LogP contribution in [-0.2, 0) is 22.5 Å². The van der Waals surface area contributed by atoms with Crippen LogP contribution in [0.2, 0.25) is 0 Å². The van der Waals surface area contributed by atoms with E-state index in [2.05, 4.69) is 15.4 Å². The topological polar surface area (TPSA) is 106 Å². The lowest BCUT2D eigenvalue weighted by molar-refractivity contribution is -0.136. The van der Waals surface area contributed by atoms with Gasteiger partial charge in [-0.1, -0.05) is 6.07 Å². The smallest absolute Gasteiger partial charge is 0.407 e. The maximum absolute atomic E-state index is 11.6. The van der Waals surface area contributed by atoms with Crippen LogP contribution in [0.3, 0.4) is 0 Å². The fourth-order valence-corrected chi connectivity index (χ4v) is 2.08. The van der Waals surface area contributed by atoms with E-state index >= 15 is 0 Å². The van der Waals surface area contributed by atoms with Crippen molar-refractivity contribution < 1.29 is 19.4 Å². The number of ether oxygens (including phenoxy) is 1. The van der Waals surface area contributed by atoms with Gasteiger partial charge in [0.1, 0.15) is 5.60 Å². The van der Waals surface area contributed by atoms with Gasteiger partial charge in [-0.3, -0.25) is 14.5 Å². The summed E-state index contributed by atoms with van der Waals surface area (Å²) >= 11 is 0. The number of rotatable bonds is 6. The largest absolute Gasteiger partial charge is 0.481 e. The van der Waals surface area contributed by atoms with Crippen LogP contribution in [0.25, 0.3) is 11.1 Å². The van der Waals surface area contributed by atoms with Crippen LogP contribution >= 0.6 is 0 Å². The molecule has 2 aromatic heterocycles. The summed E-state index contributed by atoms with van der Waals surface area (Å²) in [5, 5.41) is 15.7. The van der Waals surface area contributed by atoms with E-state index in [-0.39, 0.29) is 6.42 Å². The van der Waals surface area contributed by atoms with Crippen LogP contribution in [0.1, 0.15) is 26.5 Å². The Morgan fingerprint density at radius 1 is 1.24 bits per heavy atom. The molecule has 0 unspecified atom stereocenters. The Morgan fingerprint density at radius 3 is 2.60 bits per heavy atom. The molecule has 0 aromatic carbocycles. The molecular weight excluding hydrogens is 324 g/mol. The zero-order valence-electron chi connectivity index (χ0n) is 14.5. The SMILES string of the molecule is CC(C)(C)OC(=O)NCCn1cc(-c2ccc(CC(=O)O)nc2)cn1. The molecule has 134 valence electrons. The van der Waals surface area contributed by atoms with Gasteiger partial charge in [-0.15, -0.1) is 0 Å². The lowest BCUT2D eigenvalue weighted by atomic mass is 10.1. The quantitative estimate of drug-likeness (QED) is 0.829. The maximum atomic E-state index is 11.6. The molecule has 2 heterocycles. The molecule has 0 saturated carbocycles. The zero-order chi connectivity index (χ0) is 18.4. The van der Waals surface area contributed by atoms with E-state index in [9.17, 15) is 9.59 Å². The van der Waals surface area contributed by atoms with Gasteiger partial charge >= 0.3 is 12.1 Å². The number of carboxylic acids is 1. The average Bonchev–Trinajstić information content (AvgIpc) is 2.94. The Morgan fingerprint density at radius 2 is 2.00 bits per heavy atom. The van der Waals surface area contributed by atoms with Crippen molar-refractivity contribution >= 4 is 12.1 Å². The molecule has 0 aliphatic rings. The number of amides is 1. The minimum Gasteiger partial charge on any atom is -0.481 e. The number of aliphatic carboxylic acids is 1. The van der Waals surface area contributed by atoms with Gasteiger partial charge in [0.2, 0.25) is 0 Å². The number of alkyl carbamates (subject to hydrolysis) is 1. The van der Waals surface area contributed by atoms with E-state index in [0.29, 0.717) is 18.8 Å². The Hall–Kier alpha value is -2.90. The van der Waals surface area contributed by atoms with E-state index in [0.717, 1.165) is 11.1 Å².